The fraction of sp³-hybridized carbons (Fsp3) is 0.267. The van der Waals surface area contributed by atoms with E-state index >= 15 is 0 Å². The minimum Gasteiger partial charge on any atom is -0.506 e. The van der Waals surface area contributed by atoms with Crippen LogP contribution in [0.15, 0.2) is 41.7 Å². The van der Waals surface area contributed by atoms with Crippen LogP contribution in [0, 0.1) is 0 Å². The quantitative estimate of drug-likeness (QED) is 0.803. The van der Waals surface area contributed by atoms with Gasteiger partial charge in [0.25, 0.3) is 5.91 Å². The summed E-state index contributed by atoms with van der Waals surface area (Å²) in [5.41, 5.74) is 0.0654. The van der Waals surface area contributed by atoms with Gasteiger partial charge in [-0.05, 0) is 31.0 Å². The Hall–Kier alpha value is -2.52. The average Bonchev–Trinajstić information content (AvgIpc) is 3.13. The Kier molecular flexibility index (Phi) is 4.45. The summed E-state index contributed by atoms with van der Waals surface area (Å²) >= 11 is 0. The van der Waals surface area contributed by atoms with Gasteiger partial charge >= 0.3 is 0 Å². The molecule has 0 saturated carbocycles. The summed E-state index contributed by atoms with van der Waals surface area (Å²) in [7, 11) is -3.64. The van der Waals surface area contributed by atoms with Crippen molar-refractivity contribution in [3.63, 3.8) is 0 Å². The van der Waals surface area contributed by atoms with Crippen LogP contribution in [0.4, 0.5) is 5.69 Å². The number of nitrogens with one attached hydrogen (secondary N) is 1. The van der Waals surface area contributed by atoms with E-state index in [-0.39, 0.29) is 22.0 Å². The minimum atomic E-state index is -3.64. The smallest absolute Gasteiger partial charge is 0.275 e. The average molecular weight is 348 g/mol. The van der Waals surface area contributed by atoms with Gasteiger partial charge in [0.15, 0.2) is 0 Å². The molecule has 0 radical (unpaired) electrons. The Morgan fingerprint density at radius 1 is 1.21 bits per heavy atom. The molecular formula is C15H16N4O4S. The van der Waals surface area contributed by atoms with Crippen molar-refractivity contribution < 1.29 is 18.3 Å². The number of benzene rings is 1. The van der Waals surface area contributed by atoms with Gasteiger partial charge in [0.1, 0.15) is 11.4 Å². The van der Waals surface area contributed by atoms with Gasteiger partial charge in [0, 0.05) is 25.5 Å². The molecule has 2 heterocycles. The lowest BCUT2D eigenvalue weighted by Crippen LogP contribution is -2.28. The minimum absolute atomic E-state index is 0.00549. The third kappa shape index (κ3) is 3.22. The van der Waals surface area contributed by atoms with Crippen molar-refractivity contribution in [3.8, 4) is 5.75 Å². The summed E-state index contributed by atoms with van der Waals surface area (Å²) in [6, 6.07) is 3.81. The maximum atomic E-state index is 12.6. The number of aromatic hydroxyl groups is 1. The molecule has 0 atom stereocenters. The SMILES string of the molecule is O=C(Nc1cc(S(=O)(=O)N2CCCC2)ccc1O)c1cnccn1. The number of aromatic nitrogens is 2. The summed E-state index contributed by atoms with van der Waals surface area (Å²) in [6.07, 6.45) is 5.72. The third-order valence-electron chi connectivity index (χ3n) is 3.71. The molecule has 2 aromatic rings. The zero-order valence-corrected chi connectivity index (χ0v) is 13.5. The number of phenols is 1. The molecule has 1 aromatic heterocycles. The standard InChI is InChI=1S/C15H16N4O4S/c20-14-4-3-11(24(22,23)19-7-1-2-8-19)9-12(14)18-15(21)13-10-16-5-6-17-13/h3-6,9-10,20H,1-2,7-8H2,(H,18,21). The van der Waals surface area contributed by atoms with E-state index in [0.717, 1.165) is 12.8 Å². The number of rotatable bonds is 4. The first-order valence-electron chi connectivity index (χ1n) is 7.39. The lowest BCUT2D eigenvalue weighted by molar-refractivity contribution is 0.102. The molecule has 1 saturated heterocycles. The largest absolute Gasteiger partial charge is 0.506 e. The molecule has 1 aromatic carbocycles. The first kappa shape index (κ1) is 16.3. The molecule has 24 heavy (non-hydrogen) atoms. The van der Waals surface area contributed by atoms with Gasteiger partial charge in [0.2, 0.25) is 10.0 Å². The van der Waals surface area contributed by atoms with E-state index in [1.807, 2.05) is 0 Å². The normalized spacial score (nSPS) is 15.3. The highest BCUT2D eigenvalue weighted by Crippen LogP contribution is 2.29. The second kappa shape index (κ2) is 6.54. The van der Waals surface area contributed by atoms with E-state index in [1.165, 1.54) is 41.1 Å². The van der Waals surface area contributed by atoms with Crippen molar-refractivity contribution in [1.82, 2.24) is 14.3 Å². The van der Waals surface area contributed by atoms with Gasteiger partial charge in [-0.1, -0.05) is 0 Å². The van der Waals surface area contributed by atoms with E-state index in [4.69, 9.17) is 0 Å². The summed E-state index contributed by atoms with van der Waals surface area (Å²) in [5.74, 6) is -0.818. The van der Waals surface area contributed by atoms with Crippen LogP contribution in [0.3, 0.4) is 0 Å². The van der Waals surface area contributed by atoms with Gasteiger partial charge in [-0.15, -0.1) is 0 Å². The predicted octanol–water partition coefficient (Wildman–Crippen LogP) is 1.22. The number of carbonyl (C=O) groups is 1. The Balaban J connectivity index is 1.88. The van der Waals surface area contributed by atoms with Crippen molar-refractivity contribution in [2.45, 2.75) is 17.7 Å². The third-order valence-corrected chi connectivity index (χ3v) is 5.61. The van der Waals surface area contributed by atoms with Gasteiger partial charge in [-0.2, -0.15) is 4.31 Å². The van der Waals surface area contributed by atoms with Crippen LogP contribution >= 0.6 is 0 Å². The molecule has 1 fully saturated rings. The van der Waals surface area contributed by atoms with Crippen LogP contribution in [0.25, 0.3) is 0 Å². The first-order chi connectivity index (χ1) is 11.5. The maximum Gasteiger partial charge on any atom is 0.275 e. The van der Waals surface area contributed by atoms with Crippen molar-refractivity contribution in [2.75, 3.05) is 18.4 Å². The number of carbonyl (C=O) groups excluding carboxylic acids is 1. The topological polar surface area (TPSA) is 112 Å². The van der Waals surface area contributed by atoms with Gasteiger partial charge < -0.3 is 10.4 Å². The molecule has 0 bridgehead atoms. The van der Waals surface area contributed by atoms with Gasteiger partial charge in [-0.25, -0.2) is 13.4 Å². The van der Waals surface area contributed by atoms with Crippen LogP contribution in [-0.2, 0) is 10.0 Å². The number of amides is 1. The lowest BCUT2D eigenvalue weighted by atomic mass is 10.3. The Bertz CT molecular complexity index is 849. The molecule has 1 aliphatic heterocycles. The molecule has 3 rings (SSSR count). The molecule has 8 nitrogen and oxygen atoms in total. The highest BCUT2D eigenvalue weighted by Gasteiger charge is 2.28. The van der Waals surface area contributed by atoms with Crippen molar-refractivity contribution in [3.05, 3.63) is 42.5 Å². The van der Waals surface area contributed by atoms with Crippen LogP contribution in [0.5, 0.6) is 5.75 Å². The Morgan fingerprint density at radius 3 is 2.62 bits per heavy atom. The maximum absolute atomic E-state index is 12.6. The summed E-state index contributed by atoms with van der Waals surface area (Å²) in [4.78, 5) is 19.8. The first-order valence-corrected chi connectivity index (χ1v) is 8.83. The Labute approximate surface area is 139 Å². The van der Waals surface area contributed by atoms with Crippen molar-refractivity contribution in [1.29, 1.82) is 0 Å². The number of phenolic OH excluding ortho intramolecular Hbond substituents is 1. The molecular weight excluding hydrogens is 332 g/mol. The van der Waals surface area contributed by atoms with Crippen LogP contribution < -0.4 is 5.32 Å². The zero-order chi connectivity index (χ0) is 17.2. The molecule has 1 aliphatic rings. The van der Waals surface area contributed by atoms with Crippen LogP contribution in [-0.4, -0.2) is 46.8 Å². The fourth-order valence-corrected chi connectivity index (χ4v) is 4.00. The van der Waals surface area contributed by atoms with E-state index in [0.29, 0.717) is 13.1 Å². The monoisotopic (exact) mass is 348 g/mol. The van der Waals surface area contributed by atoms with E-state index < -0.39 is 15.9 Å². The van der Waals surface area contributed by atoms with Gasteiger partial charge in [-0.3, -0.25) is 9.78 Å². The molecule has 126 valence electrons. The summed E-state index contributed by atoms with van der Waals surface area (Å²) in [5, 5.41) is 12.4. The second-order valence-electron chi connectivity index (χ2n) is 5.33. The molecule has 0 unspecified atom stereocenters. The summed E-state index contributed by atoms with van der Waals surface area (Å²) < 4.78 is 26.5. The fourth-order valence-electron chi connectivity index (χ4n) is 2.46. The molecule has 9 heteroatoms. The second-order valence-corrected chi connectivity index (χ2v) is 7.27. The zero-order valence-electron chi connectivity index (χ0n) is 12.7. The number of hydrogen-bond acceptors (Lipinski definition) is 6. The van der Waals surface area contributed by atoms with E-state index in [9.17, 15) is 18.3 Å². The highest BCUT2D eigenvalue weighted by atomic mass is 32.2. The van der Waals surface area contributed by atoms with Gasteiger partial charge in [0.05, 0.1) is 16.8 Å². The number of sulfonamides is 1. The van der Waals surface area contributed by atoms with E-state index in [2.05, 4.69) is 15.3 Å². The van der Waals surface area contributed by atoms with Crippen molar-refractivity contribution >= 4 is 21.6 Å². The summed E-state index contributed by atoms with van der Waals surface area (Å²) in [6.45, 7) is 0.953. The molecule has 0 spiro atoms. The lowest BCUT2D eigenvalue weighted by Gasteiger charge is -2.16. The van der Waals surface area contributed by atoms with Crippen LogP contribution in [0.2, 0.25) is 0 Å². The molecule has 2 N–H and O–H groups in total. The Morgan fingerprint density at radius 2 is 1.96 bits per heavy atom. The number of hydrogen-bond donors (Lipinski definition) is 2. The molecule has 1 amide bonds. The highest BCUT2D eigenvalue weighted by molar-refractivity contribution is 7.89. The van der Waals surface area contributed by atoms with E-state index in [1.54, 1.807) is 0 Å². The number of nitrogens with zero attached hydrogens (tertiary/aromatic N) is 3. The van der Waals surface area contributed by atoms with Crippen LogP contribution in [0.1, 0.15) is 23.3 Å². The number of anilines is 1. The predicted molar refractivity (Wildman–Crippen MR) is 86.1 cm³/mol. The van der Waals surface area contributed by atoms with Crippen molar-refractivity contribution in [2.24, 2.45) is 0 Å². The molecule has 0 aliphatic carbocycles.